The molecule has 1 aliphatic rings. The maximum absolute atomic E-state index is 12.0. The van der Waals surface area contributed by atoms with Gasteiger partial charge in [-0.2, -0.15) is 0 Å². The topological polar surface area (TPSA) is 56.8 Å². The second kappa shape index (κ2) is 7.84. The summed E-state index contributed by atoms with van der Waals surface area (Å²) in [7, 11) is 1.63. The van der Waals surface area contributed by atoms with Gasteiger partial charge in [0, 0.05) is 24.8 Å². The highest BCUT2D eigenvalue weighted by atomic mass is 16.7. The molecule has 2 aromatic carbocycles. The van der Waals surface area contributed by atoms with Crippen molar-refractivity contribution >= 4 is 17.9 Å². The van der Waals surface area contributed by atoms with Crippen molar-refractivity contribution in [1.29, 1.82) is 0 Å². The summed E-state index contributed by atoms with van der Waals surface area (Å²) in [6.07, 6.45) is 1.08. The third kappa shape index (κ3) is 4.68. The Morgan fingerprint density at radius 1 is 1.11 bits per heavy atom. The van der Waals surface area contributed by atoms with E-state index in [9.17, 15) is 4.79 Å². The molecule has 0 aromatic heterocycles. The van der Waals surface area contributed by atoms with Crippen molar-refractivity contribution in [1.82, 2.24) is 5.32 Å². The molecule has 1 amide bonds. The van der Waals surface area contributed by atoms with Gasteiger partial charge in [0.2, 0.25) is 6.29 Å². The minimum atomic E-state index is -0.534. The smallest absolute Gasteiger partial charge is 0.407 e. The van der Waals surface area contributed by atoms with E-state index < -0.39 is 18.0 Å². The third-order valence-corrected chi connectivity index (χ3v) is 4.09. The molecule has 0 bridgehead atoms. The predicted molar refractivity (Wildman–Crippen MR) is 105 cm³/mol. The molecule has 0 radical (unpaired) electrons. The Bertz CT molecular complexity index is 851. The standard InChI is InChI=1S/C22H25NO4/c1-22(2,3)27-21(24)23-14-16-10-6-7-11-17(16)19-13-15-9-5-8-12-18(15)20(25-4)26-19/h5-13,20H,14H2,1-4H3,(H,23,24). The number of hydrogen-bond acceptors (Lipinski definition) is 4. The number of carbonyl (C=O) groups is 1. The van der Waals surface area contributed by atoms with Gasteiger partial charge in [0.1, 0.15) is 11.4 Å². The Balaban J connectivity index is 1.84. The van der Waals surface area contributed by atoms with Crippen molar-refractivity contribution < 1.29 is 19.0 Å². The van der Waals surface area contributed by atoms with Crippen molar-refractivity contribution in [3.8, 4) is 0 Å². The first-order valence-corrected chi connectivity index (χ1v) is 8.92. The SMILES string of the molecule is COC1OC(c2ccccc2CNC(=O)OC(C)(C)C)=Cc2ccccc21. The van der Waals surface area contributed by atoms with E-state index in [2.05, 4.69) is 5.32 Å². The van der Waals surface area contributed by atoms with Gasteiger partial charge in [-0.15, -0.1) is 0 Å². The number of rotatable bonds is 4. The van der Waals surface area contributed by atoms with Gasteiger partial charge in [-0.3, -0.25) is 0 Å². The molecule has 0 saturated heterocycles. The molecule has 27 heavy (non-hydrogen) atoms. The van der Waals surface area contributed by atoms with Gasteiger partial charge < -0.3 is 19.5 Å². The molecule has 1 N–H and O–H groups in total. The van der Waals surface area contributed by atoms with E-state index in [1.807, 2.05) is 75.4 Å². The first kappa shape index (κ1) is 19.0. The minimum absolute atomic E-state index is 0.338. The molecule has 1 unspecified atom stereocenters. The lowest BCUT2D eigenvalue weighted by molar-refractivity contribution is -0.0765. The molecule has 1 atom stereocenters. The van der Waals surface area contributed by atoms with Gasteiger partial charge in [-0.05, 0) is 38.0 Å². The van der Waals surface area contributed by atoms with Crippen molar-refractivity contribution in [2.45, 2.75) is 39.2 Å². The Morgan fingerprint density at radius 3 is 2.56 bits per heavy atom. The lowest BCUT2D eigenvalue weighted by Crippen LogP contribution is -2.32. The summed E-state index contributed by atoms with van der Waals surface area (Å²) in [5.74, 6) is 0.710. The molecule has 3 rings (SSSR count). The number of nitrogens with one attached hydrogen (secondary N) is 1. The van der Waals surface area contributed by atoms with E-state index in [-0.39, 0.29) is 0 Å². The normalized spacial score (nSPS) is 16.0. The van der Waals surface area contributed by atoms with E-state index in [1.54, 1.807) is 7.11 Å². The van der Waals surface area contributed by atoms with Crippen LogP contribution < -0.4 is 5.32 Å². The minimum Gasteiger partial charge on any atom is -0.460 e. The van der Waals surface area contributed by atoms with Gasteiger partial charge in [-0.1, -0.05) is 48.5 Å². The summed E-state index contributed by atoms with van der Waals surface area (Å²) in [4.78, 5) is 12.0. The number of amides is 1. The monoisotopic (exact) mass is 367 g/mol. The van der Waals surface area contributed by atoms with E-state index in [0.717, 1.165) is 22.3 Å². The van der Waals surface area contributed by atoms with Gasteiger partial charge in [0.15, 0.2) is 0 Å². The molecular weight excluding hydrogens is 342 g/mol. The molecule has 2 aromatic rings. The number of carbonyl (C=O) groups excluding carboxylic acids is 1. The van der Waals surface area contributed by atoms with Crippen molar-refractivity contribution in [3.05, 3.63) is 70.8 Å². The number of ether oxygens (including phenoxy) is 3. The number of methoxy groups -OCH3 is 1. The van der Waals surface area contributed by atoms with Crippen LogP contribution in [0.15, 0.2) is 48.5 Å². The van der Waals surface area contributed by atoms with Gasteiger partial charge in [0.05, 0.1) is 0 Å². The van der Waals surface area contributed by atoms with E-state index in [0.29, 0.717) is 12.3 Å². The van der Waals surface area contributed by atoms with Crippen LogP contribution in [0.5, 0.6) is 0 Å². The fourth-order valence-corrected chi connectivity index (χ4v) is 2.92. The molecule has 0 fully saturated rings. The van der Waals surface area contributed by atoms with Gasteiger partial charge >= 0.3 is 6.09 Å². The molecule has 0 spiro atoms. The van der Waals surface area contributed by atoms with Crippen LogP contribution in [0.4, 0.5) is 4.79 Å². The lowest BCUT2D eigenvalue weighted by Gasteiger charge is -2.27. The zero-order chi connectivity index (χ0) is 19.4. The van der Waals surface area contributed by atoms with Gasteiger partial charge in [0.25, 0.3) is 0 Å². The van der Waals surface area contributed by atoms with Gasteiger partial charge in [-0.25, -0.2) is 4.79 Å². The van der Waals surface area contributed by atoms with Crippen LogP contribution in [0.3, 0.4) is 0 Å². The molecular formula is C22H25NO4. The summed E-state index contributed by atoms with van der Waals surface area (Å²) in [5.41, 5.74) is 3.36. The average Bonchev–Trinajstić information content (AvgIpc) is 2.64. The van der Waals surface area contributed by atoms with E-state index >= 15 is 0 Å². The van der Waals surface area contributed by atoms with Crippen LogP contribution >= 0.6 is 0 Å². The van der Waals surface area contributed by atoms with Crippen molar-refractivity contribution in [3.63, 3.8) is 0 Å². The van der Waals surface area contributed by atoms with Crippen LogP contribution in [0.1, 0.15) is 49.3 Å². The van der Waals surface area contributed by atoms with Crippen LogP contribution in [-0.4, -0.2) is 18.8 Å². The maximum atomic E-state index is 12.0. The quantitative estimate of drug-likeness (QED) is 0.836. The zero-order valence-electron chi connectivity index (χ0n) is 16.1. The summed E-state index contributed by atoms with van der Waals surface area (Å²) in [5, 5.41) is 2.80. The Hall–Kier alpha value is -2.79. The summed E-state index contributed by atoms with van der Waals surface area (Å²) in [6.45, 7) is 5.85. The predicted octanol–water partition coefficient (Wildman–Crippen LogP) is 4.88. The second-order valence-electron chi connectivity index (χ2n) is 7.34. The second-order valence-corrected chi connectivity index (χ2v) is 7.34. The highest BCUT2D eigenvalue weighted by Crippen LogP contribution is 2.36. The number of fused-ring (bicyclic) bond motifs is 1. The average molecular weight is 367 g/mol. The third-order valence-electron chi connectivity index (χ3n) is 4.09. The largest absolute Gasteiger partial charge is 0.460 e. The van der Waals surface area contributed by atoms with E-state index in [1.165, 1.54) is 0 Å². The van der Waals surface area contributed by atoms with Crippen LogP contribution in [0.2, 0.25) is 0 Å². The van der Waals surface area contributed by atoms with Crippen molar-refractivity contribution in [2.75, 3.05) is 7.11 Å². The highest BCUT2D eigenvalue weighted by molar-refractivity contribution is 5.81. The zero-order valence-corrected chi connectivity index (χ0v) is 16.1. The highest BCUT2D eigenvalue weighted by Gasteiger charge is 2.24. The number of hydrogen-bond donors (Lipinski definition) is 1. The fourth-order valence-electron chi connectivity index (χ4n) is 2.92. The maximum Gasteiger partial charge on any atom is 0.407 e. The van der Waals surface area contributed by atoms with Crippen LogP contribution in [-0.2, 0) is 20.8 Å². The molecule has 142 valence electrons. The van der Waals surface area contributed by atoms with E-state index in [4.69, 9.17) is 14.2 Å². The molecule has 0 aliphatic carbocycles. The summed E-state index contributed by atoms with van der Waals surface area (Å²) in [6, 6.07) is 15.8. The molecule has 0 saturated carbocycles. The van der Waals surface area contributed by atoms with Crippen LogP contribution in [0, 0.1) is 0 Å². The summed E-state index contributed by atoms with van der Waals surface area (Å²) < 4.78 is 16.9. The Kier molecular flexibility index (Phi) is 5.51. The Morgan fingerprint density at radius 2 is 1.81 bits per heavy atom. The number of alkyl carbamates (subject to hydrolysis) is 1. The lowest BCUT2D eigenvalue weighted by atomic mass is 9.99. The number of benzene rings is 2. The first-order chi connectivity index (χ1) is 12.9. The molecule has 5 nitrogen and oxygen atoms in total. The fraction of sp³-hybridized carbons (Fsp3) is 0.318. The Labute approximate surface area is 159 Å². The molecule has 1 heterocycles. The molecule has 1 aliphatic heterocycles. The first-order valence-electron chi connectivity index (χ1n) is 8.92. The van der Waals surface area contributed by atoms with Crippen molar-refractivity contribution in [2.24, 2.45) is 0 Å². The molecule has 5 heteroatoms. The van der Waals surface area contributed by atoms with Crippen LogP contribution in [0.25, 0.3) is 11.8 Å². The summed E-state index contributed by atoms with van der Waals surface area (Å²) >= 11 is 0.